The first-order valence-corrected chi connectivity index (χ1v) is 5.26. The molecule has 0 saturated heterocycles. The summed E-state index contributed by atoms with van der Waals surface area (Å²) in [4.78, 5) is 22.3. The van der Waals surface area contributed by atoms with E-state index in [1.807, 2.05) is 0 Å². The van der Waals surface area contributed by atoms with E-state index in [2.05, 4.69) is 17.9 Å². The van der Waals surface area contributed by atoms with E-state index in [1.165, 1.54) is 20.8 Å². The second-order valence-corrected chi connectivity index (χ2v) is 3.96. The minimum Gasteiger partial charge on any atom is -0.456 e. The Morgan fingerprint density at radius 2 is 1.39 bits per heavy atom. The number of esters is 2. The van der Waals surface area contributed by atoms with Gasteiger partial charge in [-0.25, -0.2) is 9.59 Å². The molecule has 0 aliphatic carbocycles. The van der Waals surface area contributed by atoms with E-state index in [9.17, 15) is 19.8 Å². The lowest BCUT2D eigenvalue weighted by Gasteiger charge is -2.23. The topological polar surface area (TPSA) is 93.1 Å². The van der Waals surface area contributed by atoms with E-state index in [4.69, 9.17) is 4.74 Å². The van der Waals surface area contributed by atoms with Crippen LogP contribution in [-0.2, 0) is 19.1 Å². The zero-order chi connectivity index (χ0) is 14.5. The summed E-state index contributed by atoms with van der Waals surface area (Å²) < 4.78 is 9.26. The molecule has 3 atom stereocenters. The van der Waals surface area contributed by atoms with Crippen molar-refractivity contribution < 1.29 is 29.3 Å². The summed E-state index contributed by atoms with van der Waals surface area (Å²) in [5.41, 5.74) is 0.232. The molecule has 0 radical (unpaired) electrons. The summed E-state index contributed by atoms with van der Waals surface area (Å²) in [7, 11) is 0. The van der Waals surface area contributed by atoms with Gasteiger partial charge in [-0.15, -0.1) is 0 Å². The first-order chi connectivity index (χ1) is 8.16. The summed E-state index contributed by atoms with van der Waals surface area (Å²) in [6, 6.07) is 0. The van der Waals surface area contributed by atoms with Gasteiger partial charge in [0.2, 0.25) is 6.29 Å². The van der Waals surface area contributed by atoms with Gasteiger partial charge in [0, 0.05) is 11.1 Å². The summed E-state index contributed by atoms with van der Waals surface area (Å²) in [5, 5.41) is 19.0. The molecule has 0 amide bonds. The lowest BCUT2D eigenvalue weighted by molar-refractivity contribution is -0.199. The molecular formula is C12H18O6. The van der Waals surface area contributed by atoms with E-state index in [0.29, 0.717) is 0 Å². The van der Waals surface area contributed by atoms with Gasteiger partial charge in [0.1, 0.15) is 6.10 Å². The van der Waals surface area contributed by atoms with Crippen LogP contribution in [0.4, 0.5) is 0 Å². The van der Waals surface area contributed by atoms with Crippen molar-refractivity contribution in [2.45, 2.75) is 39.3 Å². The summed E-state index contributed by atoms with van der Waals surface area (Å²) in [6.45, 7) is 10.9. The van der Waals surface area contributed by atoms with Crippen LogP contribution < -0.4 is 0 Å². The normalized spacial score (nSPS) is 15.2. The lowest BCUT2D eigenvalue weighted by Crippen LogP contribution is -2.41. The molecule has 2 N–H and O–H groups in total. The largest absolute Gasteiger partial charge is 0.456 e. The van der Waals surface area contributed by atoms with Crippen molar-refractivity contribution in [2.75, 3.05) is 0 Å². The Morgan fingerprint density at radius 3 is 1.78 bits per heavy atom. The van der Waals surface area contributed by atoms with Crippen LogP contribution in [0.2, 0.25) is 0 Å². The molecule has 0 aromatic rings. The SMILES string of the molecule is C=C(C)C(=O)OC(C)C(O)C(O)OC(=O)C(=C)C. The van der Waals surface area contributed by atoms with Gasteiger partial charge >= 0.3 is 11.9 Å². The van der Waals surface area contributed by atoms with Gasteiger partial charge in [0.05, 0.1) is 0 Å². The molecule has 6 heteroatoms. The highest BCUT2D eigenvalue weighted by atomic mass is 16.7. The fourth-order valence-corrected chi connectivity index (χ4v) is 0.851. The van der Waals surface area contributed by atoms with E-state index in [-0.39, 0.29) is 11.1 Å². The molecule has 0 fully saturated rings. The molecule has 0 aliphatic heterocycles. The van der Waals surface area contributed by atoms with Crippen molar-refractivity contribution in [3.63, 3.8) is 0 Å². The van der Waals surface area contributed by atoms with Crippen LogP contribution in [0.1, 0.15) is 20.8 Å². The highest BCUT2D eigenvalue weighted by Crippen LogP contribution is 2.09. The maximum absolute atomic E-state index is 11.2. The van der Waals surface area contributed by atoms with Crippen molar-refractivity contribution in [1.82, 2.24) is 0 Å². The van der Waals surface area contributed by atoms with E-state index >= 15 is 0 Å². The number of aliphatic hydroxyl groups is 2. The Labute approximate surface area is 106 Å². The van der Waals surface area contributed by atoms with Crippen LogP contribution in [0.3, 0.4) is 0 Å². The van der Waals surface area contributed by atoms with E-state index in [1.54, 1.807) is 0 Å². The van der Waals surface area contributed by atoms with Crippen LogP contribution in [0.15, 0.2) is 24.3 Å². The molecule has 6 nitrogen and oxygen atoms in total. The van der Waals surface area contributed by atoms with Gasteiger partial charge in [0.15, 0.2) is 6.10 Å². The third kappa shape index (κ3) is 5.11. The van der Waals surface area contributed by atoms with Gasteiger partial charge in [0.25, 0.3) is 0 Å². The summed E-state index contributed by atoms with van der Waals surface area (Å²) >= 11 is 0. The fraction of sp³-hybridized carbons (Fsp3) is 0.500. The quantitative estimate of drug-likeness (QED) is 0.404. The molecule has 0 aromatic heterocycles. The average molecular weight is 258 g/mol. The van der Waals surface area contributed by atoms with Gasteiger partial charge in [-0.2, -0.15) is 0 Å². The molecule has 18 heavy (non-hydrogen) atoms. The first-order valence-electron chi connectivity index (χ1n) is 5.26. The Bertz CT molecular complexity index is 326. The lowest BCUT2D eigenvalue weighted by atomic mass is 10.2. The number of carbonyl (C=O) groups is 2. The van der Waals surface area contributed by atoms with Gasteiger partial charge < -0.3 is 19.7 Å². The number of ether oxygens (including phenoxy) is 2. The second kappa shape index (κ2) is 6.93. The molecule has 0 spiro atoms. The Hall–Kier alpha value is -1.66. The molecule has 0 aromatic carbocycles. The predicted molar refractivity (Wildman–Crippen MR) is 63.3 cm³/mol. The molecule has 0 bridgehead atoms. The molecule has 0 aliphatic rings. The molecule has 0 saturated carbocycles. The maximum atomic E-state index is 11.2. The summed E-state index contributed by atoms with van der Waals surface area (Å²) in [5.74, 6) is -1.56. The van der Waals surface area contributed by atoms with Gasteiger partial charge in [-0.3, -0.25) is 0 Å². The van der Waals surface area contributed by atoms with E-state index in [0.717, 1.165) is 0 Å². The third-order valence-corrected chi connectivity index (χ3v) is 1.99. The van der Waals surface area contributed by atoms with Gasteiger partial charge in [-0.1, -0.05) is 13.2 Å². The van der Waals surface area contributed by atoms with Crippen LogP contribution in [-0.4, -0.2) is 40.6 Å². The minimum atomic E-state index is -1.80. The number of carbonyl (C=O) groups excluding carboxylic acids is 2. The van der Waals surface area contributed by atoms with Crippen LogP contribution in [0.25, 0.3) is 0 Å². The average Bonchev–Trinajstić information content (AvgIpc) is 2.27. The molecule has 102 valence electrons. The Morgan fingerprint density at radius 1 is 1.00 bits per heavy atom. The number of hydrogen-bond donors (Lipinski definition) is 2. The van der Waals surface area contributed by atoms with Crippen molar-refractivity contribution in [1.29, 1.82) is 0 Å². The number of hydrogen-bond acceptors (Lipinski definition) is 6. The van der Waals surface area contributed by atoms with Crippen molar-refractivity contribution in [3.8, 4) is 0 Å². The Balaban J connectivity index is 4.41. The smallest absolute Gasteiger partial charge is 0.335 e. The minimum absolute atomic E-state index is 0.0767. The highest BCUT2D eigenvalue weighted by Gasteiger charge is 2.29. The molecule has 0 heterocycles. The third-order valence-electron chi connectivity index (χ3n) is 1.99. The number of aliphatic hydroxyl groups excluding tert-OH is 2. The van der Waals surface area contributed by atoms with Crippen molar-refractivity contribution in [3.05, 3.63) is 24.3 Å². The summed E-state index contributed by atoms with van der Waals surface area (Å²) in [6.07, 6.45) is -4.42. The standard InChI is InChI=1S/C12H18O6/c1-6(2)10(14)17-8(5)9(13)12(16)18-11(15)7(3)4/h8-9,12-13,16H,1,3H2,2,4-5H3. The number of rotatable bonds is 6. The fourth-order valence-electron chi connectivity index (χ4n) is 0.851. The van der Waals surface area contributed by atoms with E-state index < -0.39 is 30.4 Å². The molecular weight excluding hydrogens is 240 g/mol. The monoisotopic (exact) mass is 258 g/mol. The first kappa shape index (κ1) is 16.3. The van der Waals surface area contributed by atoms with Crippen molar-refractivity contribution in [2.24, 2.45) is 0 Å². The van der Waals surface area contributed by atoms with Crippen LogP contribution in [0.5, 0.6) is 0 Å². The maximum Gasteiger partial charge on any atom is 0.335 e. The molecule has 3 unspecified atom stereocenters. The van der Waals surface area contributed by atoms with Gasteiger partial charge in [-0.05, 0) is 20.8 Å². The van der Waals surface area contributed by atoms with Crippen molar-refractivity contribution >= 4 is 11.9 Å². The highest BCUT2D eigenvalue weighted by molar-refractivity contribution is 5.87. The zero-order valence-corrected chi connectivity index (χ0v) is 10.7. The predicted octanol–water partition coefficient (Wildman–Crippen LogP) is 0.293. The second-order valence-electron chi connectivity index (χ2n) is 3.96. The molecule has 0 rings (SSSR count). The van der Waals surface area contributed by atoms with Crippen LogP contribution >= 0.6 is 0 Å². The Kier molecular flexibility index (Phi) is 6.29. The zero-order valence-electron chi connectivity index (χ0n) is 10.7. The van der Waals surface area contributed by atoms with Crippen LogP contribution in [0, 0.1) is 0 Å².